The Hall–Kier alpha value is -0.160. The van der Waals surface area contributed by atoms with E-state index in [1.807, 2.05) is 0 Å². The maximum absolute atomic E-state index is 5.84. The van der Waals surface area contributed by atoms with Crippen LogP contribution in [0.1, 0.15) is 12.8 Å². The molecule has 0 unspecified atom stereocenters. The lowest BCUT2D eigenvalue weighted by molar-refractivity contribution is 0.0507. The minimum atomic E-state index is 0.483. The molecular weight excluding hydrogens is 200 g/mol. The number of hydrogen-bond acceptors (Lipinski definition) is 4. The molecule has 2 N–H and O–H groups in total. The van der Waals surface area contributed by atoms with Gasteiger partial charge in [0.2, 0.25) is 0 Å². The van der Waals surface area contributed by atoms with Gasteiger partial charge in [0.25, 0.3) is 0 Å². The van der Waals surface area contributed by atoms with Crippen LogP contribution in [0.15, 0.2) is 0 Å². The van der Waals surface area contributed by atoms with Crippen LogP contribution in [-0.2, 0) is 0 Å². The highest BCUT2D eigenvalue weighted by Gasteiger charge is 2.32. The van der Waals surface area contributed by atoms with E-state index in [0.29, 0.717) is 6.04 Å². The van der Waals surface area contributed by atoms with Crippen molar-refractivity contribution in [2.45, 2.75) is 24.9 Å². The molecule has 16 heavy (non-hydrogen) atoms. The first-order valence-electron chi connectivity index (χ1n) is 6.52. The number of rotatable bonds is 4. The summed E-state index contributed by atoms with van der Waals surface area (Å²) < 4.78 is 0. The van der Waals surface area contributed by atoms with E-state index in [9.17, 15) is 0 Å². The summed E-state index contributed by atoms with van der Waals surface area (Å²) in [6.45, 7) is 7.34. The van der Waals surface area contributed by atoms with Crippen molar-refractivity contribution in [3.8, 4) is 0 Å². The monoisotopic (exact) mass is 226 g/mol. The molecule has 0 spiro atoms. The normalized spacial score (nSPS) is 33.0. The molecule has 1 aliphatic heterocycles. The maximum Gasteiger partial charge on any atom is 0.0126 e. The Morgan fingerprint density at radius 2 is 1.75 bits per heavy atom. The van der Waals surface area contributed by atoms with Crippen molar-refractivity contribution < 1.29 is 0 Å². The second-order valence-electron chi connectivity index (χ2n) is 5.57. The summed E-state index contributed by atoms with van der Waals surface area (Å²) in [6.07, 6.45) is 2.44. The molecule has 1 aliphatic carbocycles. The van der Waals surface area contributed by atoms with Gasteiger partial charge in [-0.2, -0.15) is 0 Å². The molecule has 0 aromatic carbocycles. The van der Waals surface area contributed by atoms with Gasteiger partial charge in [0.05, 0.1) is 0 Å². The Bertz CT molecular complexity index is 205. The minimum absolute atomic E-state index is 0.483. The van der Waals surface area contributed by atoms with Crippen molar-refractivity contribution in [2.75, 3.05) is 53.4 Å². The van der Waals surface area contributed by atoms with Gasteiger partial charge in [0, 0.05) is 51.4 Å². The first-order chi connectivity index (χ1) is 7.65. The quantitative estimate of drug-likeness (QED) is 0.711. The van der Waals surface area contributed by atoms with Crippen molar-refractivity contribution in [1.29, 1.82) is 0 Å². The summed E-state index contributed by atoms with van der Waals surface area (Å²) in [5, 5.41) is 0. The summed E-state index contributed by atoms with van der Waals surface area (Å²) in [5.74, 6) is 0. The zero-order valence-corrected chi connectivity index (χ0v) is 10.7. The van der Waals surface area contributed by atoms with E-state index in [1.165, 1.54) is 52.1 Å². The predicted molar refractivity (Wildman–Crippen MR) is 67.6 cm³/mol. The van der Waals surface area contributed by atoms with Crippen LogP contribution in [0.3, 0.4) is 0 Å². The van der Waals surface area contributed by atoms with E-state index in [4.69, 9.17) is 5.73 Å². The van der Waals surface area contributed by atoms with Gasteiger partial charge in [0.1, 0.15) is 0 Å². The van der Waals surface area contributed by atoms with Gasteiger partial charge in [-0.3, -0.25) is 9.80 Å². The Kier molecular flexibility index (Phi) is 4.19. The SMILES string of the molecule is CN(C)CCN1CCN(C2CC(N)C2)CC1. The molecule has 1 saturated heterocycles. The van der Waals surface area contributed by atoms with Crippen molar-refractivity contribution in [3.63, 3.8) is 0 Å². The van der Waals surface area contributed by atoms with Gasteiger partial charge in [0.15, 0.2) is 0 Å². The Labute approximate surface area is 99.4 Å². The average Bonchev–Trinajstić information content (AvgIpc) is 2.23. The third kappa shape index (κ3) is 3.17. The van der Waals surface area contributed by atoms with Crippen LogP contribution in [0.2, 0.25) is 0 Å². The van der Waals surface area contributed by atoms with Crippen LogP contribution < -0.4 is 5.73 Å². The smallest absolute Gasteiger partial charge is 0.0126 e. The van der Waals surface area contributed by atoms with E-state index >= 15 is 0 Å². The lowest BCUT2D eigenvalue weighted by Crippen LogP contribution is -2.57. The highest BCUT2D eigenvalue weighted by Crippen LogP contribution is 2.24. The molecule has 4 nitrogen and oxygen atoms in total. The second-order valence-corrected chi connectivity index (χ2v) is 5.57. The summed E-state index contributed by atoms with van der Waals surface area (Å²) >= 11 is 0. The molecule has 0 aromatic heterocycles. The standard InChI is InChI=1S/C12H26N4/c1-14(2)3-4-15-5-7-16(8-6-15)12-9-11(13)10-12/h11-12H,3-10,13H2,1-2H3. The molecule has 94 valence electrons. The third-order valence-corrected chi connectivity index (χ3v) is 3.94. The fourth-order valence-electron chi connectivity index (χ4n) is 2.62. The zero-order valence-electron chi connectivity index (χ0n) is 10.7. The molecule has 4 heteroatoms. The Morgan fingerprint density at radius 3 is 2.25 bits per heavy atom. The average molecular weight is 226 g/mol. The minimum Gasteiger partial charge on any atom is -0.328 e. The lowest BCUT2D eigenvalue weighted by Gasteiger charge is -2.45. The fraction of sp³-hybridized carbons (Fsp3) is 1.00. The molecule has 1 heterocycles. The van der Waals surface area contributed by atoms with E-state index < -0.39 is 0 Å². The molecule has 1 saturated carbocycles. The van der Waals surface area contributed by atoms with Gasteiger partial charge >= 0.3 is 0 Å². The van der Waals surface area contributed by atoms with E-state index in [2.05, 4.69) is 28.8 Å². The molecule has 0 atom stereocenters. The molecular formula is C12H26N4. The number of nitrogens with two attached hydrogens (primary N) is 1. The summed E-state index contributed by atoms with van der Waals surface area (Å²) in [7, 11) is 4.29. The summed E-state index contributed by atoms with van der Waals surface area (Å²) in [5.41, 5.74) is 5.84. The third-order valence-electron chi connectivity index (χ3n) is 3.94. The molecule has 0 bridgehead atoms. The number of hydrogen-bond donors (Lipinski definition) is 1. The number of likely N-dealkylation sites (N-methyl/N-ethyl adjacent to an activating group) is 1. The second kappa shape index (κ2) is 5.45. The van der Waals surface area contributed by atoms with Gasteiger partial charge in [-0.05, 0) is 26.9 Å². The van der Waals surface area contributed by atoms with Crippen LogP contribution in [0.25, 0.3) is 0 Å². The summed E-state index contributed by atoms with van der Waals surface area (Å²) in [6, 6.07) is 1.28. The van der Waals surface area contributed by atoms with E-state index in [0.717, 1.165) is 6.04 Å². The molecule has 0 amide bonds. The molecule has 0 radical (unpaired) electrons. The molecule has 2 fully saturated rings. The van der Waals surface area contributed by atoms with E-state index in [-0.39, 0.29) is 0 Å². The zero-order chi connectivity index (χ0) is 11.5. The largest absolute Gasteiger partial charge is 0.328 e. The van der Waals surface area contributed by atoms with Gasteiger partial charge in [-0.1, -0.05) is 0 Å². The Balaban J connectivity index is 1.63. The van der Waals surface area contributed by atoms with Gasteiger partial charge in [-0.25, -0.2) is 0 Å². The number of piperazine rings is 1. The highest BCUT2D eigenvalue weighted by atomic mass is 15.3. The first kappa shape index (κ1) is 12.3. The van der Waals surface area contributed by atoms with Crippen LogP contribution >= 0.6 is 0 Å². The van der Waals surface area contributed by atoms with E-state index in [1.54, 1.807) is 0 Å². The molecule has 0 aromatic rings. The van der Waals surface area contributed by atoms with Crippen molar-refractivity contribution in [3.05, 3.63) is 0 Å². The topological polar surface area (TPSA) is 35.7 Å². The van der Waals surface area contributed by atoms with Crippen molar-refractivity contribution >= 4 is 0 Å². The van der Waals surface area contributed by atoms with Gasteiger partial charge in [-0.15, -0.1) is 0 Å². The maximum atomic E-state index is 5.84. The lowest BCUT2D eigenvalue weighted by atomic mass is 9.86. The highest BCUT2D eigenvalue weighted by molar-refractivity contribution is 4.91. The molecule has 2 aliphatic rings. The van der Waals surface area contributed by atoms with Gasteiger partial charge < -0.3 is 10.6 Å². The van der Waals surface area contributed by atoms with Crippen LogP contribution in [0, 0.1) is 0 Å². The van der Waals surface area contributed by atoms with Crippen LogP contribution in [0.5, 0.6) is 0 Å². The van der Waals surface area contributed by atoms with Crippen molar-refractivity contribution in [2.24, 2.45) is 5.73 Å². The number of nitrogens with zero attached hydrogens (tertiary/aromatic N) is 3. The summed E-state index contributed by atoms with van der Waals surface area (Å²) in [4.78, 5) is 7.47. The van der Waals surface area contributed by atoms with Crippen molar-refractivity contribution in [1.82, 2.24) is 14.7 Å². The molecule has 2 rings (SSSR count). The predicted octanol–water partition coefficient (Wildman–Crippen LogP) is -0.345. The fourth-order valence-corrected chi connectivity index (χ4v) is 2.62. The van der Waals surface area contributed by atoms with Crippen LogP contribution in [0.4, 0.5) is 0 Å². The van der Waals surface area contributed by atoms with Crippen LogP contribution in [-0.4, -0.2) is 80.1 Å². The first-order valence-corrected chi connectivity index (χ1v) is 6.52. The Morgan fingerprint density at radius 1 is 1.12 bits per heavy atom.